The lowest BCUT2D eigenvalue weighted by molar-refractivity contribution is 0.0595. The molecule has 1 heterocycles. The van der Waals surface area contributed by atoms with E-state index in [1.165, 1.54) is 19.2 Å². The number of morpholine rings is 1. The molecule has 0 bridgehead atoms. The monoisotopic (exact) mass is 296 g/mol. The first-order chi connectivity index (χ1) is 10.1. The van der Waals surface area contributed by atoms with Crippen molar-refractivity contribution in [1.29, 1.82) is 0 Å². The van der Waals surface area contributed by atoms with Gasteiger partial charge in [-0.1, -0.05) is 0 Å². The van der Waals surface area contributed by atoms with Crippen molar-refractivity contribution >= 4 is 11.7 Å². The highest BCUT2D eigenvalue weighted by Gasteiger charge is 2.17. The topological polar surface area (TPSA) is 59.6 Å². The molecule has 2 atom stereocenters. The predicted molar refractivity (Wildman–Crippen MR) is 78.1 cm³/mol. The number of rotatable bonds is 5. The highest BCUT2D eigenvalue weighted by Crippen LogP contribution is 2.17. The Labute approximate surface area is 123 Å². The van der Waals surface area contributed by atoms with Gasteiger partial charge < -0.3 is 20.1 Å². The Bertz CT molecular complexity index is 490. The molecule has 2 unspecified atom stereocenters. The summed E-state index contributed by atoms with van der Waals surface area (Å²) >= 11 is 0. The Kier molecular flexibility index (Phi) is 5.52. The molecule has 116 valence electrons. The van der Waals surface area contributed by atoms with E-state index in [1.54, 1.807) is 6.07 Å². The minimum absolute atomic E-state index is 0.0613. The molecule has 5 nitrogen and oxygen atoms in total. The third kappa shape index (κ3) is 4.41. The molecular weight excluding hydrogens is 275 g/mol. The van der Waals surface area contributed by atoms with Gasteiger partial charge in [0.15, 0.2) is 0 Å². The van der Waals surface area contributed by atoms with Gasteiger partial charge in [0.05, 0.1) is 25.9 Å². The molecule has 2 N–H and O–H groups in total. The maximum absolute atomic E-state index is 13.6. The second-order valence-electron chi connectivity index (χ2n) is 5.19. The number of anilines is 1. The number of nitrogens with one attached hydrogen (secondary N) is 2. The molecule has 0 aliphatic carbocycles. The zero-order valence-corrected chi connectivity index (χ0v) is 12.3. The largest absolute Gasteiger partial charge is 0.465 e. The first-order valence-corrected chi connectivity index (χ1v) is 7.05. The molecule has 0 radical (unpaired) electrons. The van der Waals surface area contributed by atoms with Crippen molar-refractivity contribution in [3.8, 4) is 0 Å². The van der Waals surface area contributed by atoms with Crippen LogP contribution in [0.3, 0.4) is 0 Å². The normalized spacial score (nSPS) is 19.9. The second kappa shape index (κ2) is 7.38. The van der Waals surface area contributed by atoms with Gasteiger partial charge >= 0.3 is 5.97 Å². The zero-order chi connectivity index (χ0) is 15.2. The first-order valence-electron chi connectivity index (χ1n) is 7.05. The van der Waals surface area contributed by atoms with Crippen LogP contribution in [0.2, 0.25) is 0 Å². The Hall–Kier alpha value is -1.66. The Morgan fingerprint density at radius 1 is 1.62 bits per heavy atom. The molecule has 1 aliphatic heterocycles. The third-order valence-electron chi connectivity index (χ3n) is 3.42. The highest BCUT2D eigenvalue weighted by atomic mass is 19.1. The van der Waals surface area contributed by atoms with E-state index in [2.05, 4.69) is 15.4 Å². The predicted octanol–water partition coefficient (Wildman–Crippen LogP) is 1.79. The number of hydrogen-bond donors (Lipinski definition) is 2. The average molecular weight is 296 g/mol. The van der Waals surface area contributed by atoms with Crippen LogP contribution < -0.4 is 10.6 Å². The Morgan fingerprint density at radius 2 is 2.43 bits per heavy atom. The van der Waals surface area contributed by atoms with E-state index in [4.69, 9.17) is 4.74 Å². The van der Waals surface area contributed by atoms with Crippen LogP contribution in [0.5, 0.6) is 0 Å². The van der Waals surface area contributed by atoms with Crippen molar-refractivity contribution in [2.75, 3.05) is 32.2 Å². The van der Waals surface area contributed by atoms with E-state index in [1.807, 2.05) is 6.92 Å². The van der Waals surface area contributed by atoms with Crippen LogP contribution in [0.1, 0.15) is 23.7 Å². The maximum Gasteiger partial charge on any atom is 0.340 e. The molecule has 0 amide bonds. The quantitative estimate of drug-likeness (QED) is 0.811. The van der Waals surface area contributed by atoms with Crippen molar-refractivity contribution in [1.82, 2.24) is 5.32 Å². The third-order valence-corrected chi connectivity index (χ3v) is 3.42. The van der Waals surface area contributed by atoms with Gasteiger partial charge in [-0.05, 0) is 31.5 Å². The molecule has 6 heteroatoms. The molecule has 0 aromatic heterocycles. The fourth-order valence-electron chi connectivity index (χ4n) is 2.42. The lowest BCUT2D eigenvalue weighted by Gasteiger charge is -2.27. The van der Waals surface area contributed by atoms with Crippen LogP contribution >= 0.6 is 0 Å². The summed E-state index contributed by atoms with van der Waals surface area (Å²) in [5, 5.41) is 6.65. The number of halogens is 1. The molecule has 1 aliphatic rings. The number of carbonyl (C=O) groups is 1. The van der Waals surface area contributed by atoms with Gasteiger partial charge in [-0.25, -0.2) is 9.18 Å². The summed E-state index contributed by atoms with van der Waals surface area (Å²) in [5.74, 6) is -1.26. The summed E-state index contributed by atoms with van der Waals surface area (Å²) in [6, 6.07) is 4.83. The molecule has 1 saturated heterocycles. The summed E-state index contributed by atoms with van der Waals surface area (Å²) in [5.41, 5.74) is 0.634. The van der Waals surface area contributed by atoms with Gasteiger partial charge in [0.2, 0.25) is 0 Å². The van der Waals surface area contributed by atoms with Crippen LogP contribution in [0.25, 0.3) is 0 Å². The number of benzene rings is 1. The maximum atomic E-state index is 13.6. The minimum Gasteiger partial charge on any atom is -0.465 e. The number of ether oxygens (including phenoxy) is 2. The number of methoxy groups -OCH3 is 1. The number of carbonyl (C=O) groups excluding carboxylic acids is 1. The number of hydrogen-bond acceptors (Lipinski definition) is 5. The summed E-state index contributed by atoms with van der Waals surface area (Å²) in [6.07, 6.45) is 0.880. The van der Waals surface area contributed by atoms with Crippen molar-refractivity contribution in [3.63, 3.8) is 0 Å². The molecule has 21 heavy (non-hydrogen) atoms. The standard InChI is InChI=1S/C15H21FN2O3/c1-10(7-12-9-21-6-5-17-12)18-11-3-4-14(16)13(8-11)15(19)20-2/h3-4,8,10,12,17-18H,5-7,9H2,1-2H3. The Morgan fingerprint density at radius 3 is 3.10 bits per heavy atom. The van der Waals surface area contributed by atoms with Crippen LogP contribution in [-0.4, -0.2) is 44.9 Å². The molecule has 2 rings (SSSR count). The van der Waals surface area contributed by atoms with Crippen molar-refractivity contribution < 1.29 is 18.7 Å². The Balaban J connectivity index is 1.96. The fraction of sp³-hybridized carbons (Fsp3) is 0.533. The van der Waals surface area contributed by atoms with Gasteiger partial charge in [-0.15, -0.1) is 0 Å². The molecular formula is C15H21FN2O3. The molecule has 1 fully saturated rings. The lowest BCUT2D eigenvalue weighted by atomic mass is 10.1. The van der Waals surface area contributed by atoms with Gasteiger partial charge in [0.25, 0.3) is 0 Å². The summed E-state index contributed by atoms with van der Waals surface area (Å²) in [6.45, 7) is 4.35. The van der Waals surface area contributed by atoms with Gasteiger partial charge in [-0.2, -0.15) is 0 Å². The first kappa shape index (κ1) is 15.7. The van der Waals surface area contributed by atoms with Crippen molar-refractivity contribution in [2.45, 2.75) is 25.4 Å². The van der Waals surface area contributed by atoms with Crippen molar-refractivity contribution in [2.24, 2.45) is 0 Å². The van der Waals surface area contributed by atoms with E-state index in [9.17, 15) is 9.18 Å². The van der Waals surface area contributed by atoms with E-state index in [-0.39, 0.29) is 11.6 Å². The fourth-order valence-corrected chi connectivity index (χ4v) is 2.42. The van der Waals surface area contributed by atoms with E-state index in [0.29, 0.717) is 18.3 Å². The van der Waals surface area contributed by atoms with Gasteiger partial charge in [0.1, 0.15) is 5.82 Å². The lowest BCUT2D eigenvalue weighted by Crippen LogP contribution is -2.43. The SMILES string of the molecule is COC(=O)c1cc(NC(C)CC2COCCN2)ccc1F. The summed E-state index contributed by atoms with van der Waals surface area (Å²) in [7, 11) is 1.24. The minimum atomic E-state index is -0.675. The molecule has 1 aromatic carbocycles. The molecule has 0 spiro atoms. The van der Waals surface area contributed by atoms with Crippen LogP contribution in [0.4, 0.5) is 10.1 Å². The second-order valence-corrected chi connectivity index (χ2v) is 5.19. The number of esters is 1. The van der Waals surface area contributed by atoms with E-state index in [0.717, 1.165) is 19.6 Å². The highest BCUT2D eigenvalue weighted by molar-refractivity contribution is 5.90. The van der Waals surface area contributed by atoms with Gasteiger partial charge in [0, 0.05) is 24.3 Å². The van der Waals surface area contributed by atoms with E-state index >= 15 is 0 Å². The van der Waals surface area contributed by atoms with Crippen LogP contribution in [0.15, 0.2) is 18.2 Å². The summed E-state index contributed by atoms with van der Waals surface area (Å²) in [4.78, 5) is 11.5. The molecule has 1 aromatic rings. The summed E-state index contributed by atoms with van der Waals surface area (Å²) < 4.78 is 23.5. The molecule has 0 saturated carbocycles. The average Bonchev–Trinajstić information content (AvgIpc) is 2.49. The van der Waals surface area contributed by atoms with Crippen molar-refractivity contribution in [3.05, 3.63) is 29.6 Å². The zero-order valence-electron chi connectivity index (χ0n) is 12.3. The van der Waals surface area contributed by atoms with Crippen LogP contribution in [-0.2, 0) is 9.47 Å². The van der Waals surface area contributed by atoms with Gasteiger partial charge in [-0.3, -0.25) is 0 Å². The van der Waals surface area contributed by atoms with E-state index < -0.39 is 11.8 Å². The van der Waals surface area contributed by atoms with Crippen LogP contribution in [0, 0.1) is 5.82 Å². The smallest absolute Gasteiger partial charge is 0.340 e.